The third-order valence-corrected chi connectivity index (χ3v) is 1.74. The van der Waals surface area contributed by atoms with Crippen LogP contribution in [0.3, 0.4) is 0 Å². The number of hydrogen-bond acceptors (Lipinski definition) is 3. The smallest absolute Gasteiger partial charge is 0.263 e. The third kappa shape index (κ3) is 1.24. The highest BCUT2D eigenvalue weighted by Gasteiger charge is 2.04. The Morgan fingerprint density at radius 1 is 1.54 bits per heavy atom. The molecule has 13 heavy (non-hydrogen) atoms. The van der Waals surface area contributed by atoms with Crippen LogP contribution in [-0.4, -0.2) is 19.7 Å². The lowest BCUT2D eigenvalue weighted by molar-refractivity contribution is 0.935. The highest BCUT2D eigenvalue weighted by Crippen LogP contribution is 2.02. The van der Waals surface area contributed by atoms with Crippen LogP contribution in [0.15, 0.2) is 29.3 Å². The van der Waals surface area contributed by atoms with E-state index in [1.807, 2.05) is 0 Å². The number of aryl methyl sites for hydroxylation is 1. The molecule has 0 atom stereocenters. The van der Waals surface area contributed by atoms with Gasteiger partial charge in [-0.2, -0.15) is 5.10 Å². The van der Waals surface area contributed by atoms with Crippen LogP contribution in [0.2, 0.25) is 0 Å². The van der Waals surface area contributed by atoms with Crippen LogP contribution >= 0.6 is 0 Å². The fourth-order valence-electron chi connectivity index (χ4n) is 1.17. The average molecular weight is 176 g/mol. The summed E-state index contributed by atoms with van der Waals surface area (Å²) >= 11 is 0. The summed E-state index contributed by atoms with van der Waals surface area (Å²) in [5.41, 5.74) is 0.476. The first-order valence-electron chi connectivity index (χ1n) is 3.83. The van der Waals surface area contributed by atoms with Gasteiger partial charge in [0.15, 0.2) is 0 Å². The van der Waals surface area contributed by atoms with Crippen molar-refractivity contribution in [3.05, 3.63) is 40.8 Å². The van der Waals surface area contributed by atoms with Crippen molar-refractivity contribution in [3.63, 3.8) is 0 Å². The molecular weight excluding hydrogens is 168 g/mol. The van der Waals surface area contributed by atoms with Crippen LogP contribution in [0.4, 0.5) is 0 Å². The largest absolute Gasteiger partial charge is 0.347 e. The van der Waals surface area contributed by atoms with Gasteiger partial charge in [-0.25, -0.2) is 14.5 Å². The van der Waals surface area contributed by atoms with E-state index in [1.54, 1.807) is 31.5 Å². The van der Waals surface area contributed by atoms with Crippen molar-refractivity contribution in [1.82, 2.24) is 19.7 Å². The van der Waals surface area contributed by atoms with E-state index in [0.29, 0.717) is 5.82 Å². The van der Waals surface area contributed by atoms with Crippen molar-refractivity contribution in [2.45, 2.75) is 6.92 Å². The summed E-state index contributed by atoms with van der Waals surface area (Å²) in [5, 5.41) is 6.16. The molecule has 2 aromatic heterocycles. The van der Waals surface area contributed by atoms with Crippen molar-refractivity contribution in [2.75, 3.05) is 0 Å². The van der Waals surface area contributed by atoms with E-state index in [0.717, 1.165) is 5.69 Å². The second-order valence-electron chi connectivity index (χ2n) is 2.62. The molecule has 0 unspecified atom stereocenters. The van der Waals surface area contributed by atoms with Crippen LogP contribution in [0.25, 0.3) is 5.69 Å². The van der Waals surface area contributed by atoms with Crippen molar-refractivity contribution in [1.29, 1.82) is 0 Å². The van der Waals surface area contributed by atoms with E-state index in [4.69, 9.17) is 0 Å². The maximum absolute atomic E-state index is 11.3. The minimum Gasteiger partial charge on any atom is -0.263 e. The van der Waals surface area contributed by atoms with Gasteiger partial charge in [-0.05, 0) is 19.1 Å². The highest BCUT2D eigenvalue weighted by molar-refractivity contribution is 5.28. The molecule has 1 N–H and O–H groups in total. The number of rotatable bonds is 1. The maximum Gasteiger partial charge on any atom is 0.347 e. The predicted molar refractivity (Wildman–Crippen MR) is 46.7 cm³/mol. The standard InChI is InChI=1S/C8H8N4O/c1-6-10-11-8(13)12(6)7-3-2-4-9-5-7/h2-5H,1H3,(H,11,13). The molecule has 0 aliphatic carbocycles. The summed E-state index contributed by atoms with van der Waals surface area (Å²) in [7, 11) is 0. The molecule has 0 spiro atoms. The van der Waals surface area contributed by atoms with E-state index in [2.05, 4.69) is 15.2 Å². The van der Waals surface area contributed by atoms with Gasteiger partial charge in [-0.3, -0.25) is 4.98 Å². The Morgan fingerprint density at radius 2 is 2.38 bits per heavy atom. The molecule has 5 nitrogen and oxygen atoms in total. The van der Waals surface area contributed by atoms with Crippen molar-refractivity contribution in [2.24, 2.45) is 0 Å². The van der Waals surface area contributed by atoms with Crippen LogP contribution in [0, 0.1) is 6.92 Å². The summed E-state index contributed by atoms with van der Waals surface area (Å²) in [6.07, 6.45) is 3.27. The first-order valence-corrected chi connectivity index (χ1v) is 3.83. The maximum atomic E-state index is 11.3. The van der Waals surface area contributed by atoms with E-state index >= 15 is 0 Å². The number of aromatic nitrogens is 4. The van der Waals surface area contributed by atoms with Crippen LogP contribution in [-0.2, 0) is 0 Å². The minimum atomic E-state index is -0.245. The number of H-pyrrole nitrogens is 1. The van der Waals surface area contributed by atoms with Gasteiger partial charge in [0.05, 0.1) is 11.9 Å². The van der Waals surface area contributed by atoms with Gasteiger partial charge in [0, 0.05) is 6.20 Å². The van der Waals surface area contributed by atoms with Crippen molar-refractivity contribution >= 4 is 0 Å². The van der Waals surface area contributed by atoms with Crippen LogP contribution in [0.5, 0.6) is 0 Å². The van der Waals surface area contributed by atoms with Gasteiger partial charge in [0.2, 0.25) is 0 Å². The molecule has 2 rings (SSSR count). The zero-order chi connectivity index (χ0) is 9.26. The molecule has 5 heteroatoms. The molecular formula is C8H8N4O. The fraction of sp³-hybridized carbons (Fsp3) is 0.125. The summed E-state index contributed by atoms with van der Waals surface area (Å²) in [6.45, 7) is 1.75. The molecule has 2 aromatic rings. The number of aromatic amines is 1. The Kier molecular flexibility index (Phi) is 1.70. The monoisotopic (exact) mass is 176 g/mol. The zero-order valence-corrected chi connectivity index (χ0v) is 7.06. The minimum absolute atomic E-state index is 0.245. The highest BCUT2D eigenvalue weighted by atomic mass is 16.1. The van der Waals surface area contributed by atoms with Crippen molar-refractivity contribution < 1.29 is 0 Å². The predicted octanol–water partition coefficient (Wildman–Crippen LogP) is 0.264. The fourth-order valence-corrected chi connectivity index (χ4v) is 1.17. The van der Waals surface area contributed by atoms with E-state index in [1.165, 1.54) is 4.57 Å². The molecule has 66 valence electrons. The molecule has 0 aromatic carbocycles. The molecule has 0 saturated heterocycles. The Bertz CT molecular complexity index is 456. The van der Waals surface area contributed by atoms with Crippen LogP contribution < -0.4 is 5.69 Å². The summed E-state index contributed by atoms with van der Waals surface area (Å²) in [4.78, 5) is 15.2. The van der Waals surface area contributed by atoms with Crippen molar-refractivity contribution in [3.8, 4) is 5.69 Å². The topological polar surface area (TPSA) is 63.6 Å². The van der Waals surface area contributed by atoms with Gasteiger partial charge in [-0.1, -0.05) is 0 Å². The number of pyridine rings is 1. The molecule has 0 saturated carbocycles. The quantitative estimate of drug-likeness (QED) is 0.678. The lowest BCUT2D eigenvalue weighted by Crippen LogP contribution is -2.15. The molecule has 2 heterocycles. The Balaban J connectivity index is 2.65. The second kappa shape index (κ2) is 2.85. The SMILES string of the molecule is Cc1n[nH]c(=O)n1-c1cccnc1. The van der Waals surface area contributed by atoms with Gasteiger partial charge >= 0.3 is 5.69 Å². The molecule has 0 amide bonds. The molecule has 0 fully saturated rings. The second-order valence-corrected chi connectivity index (χ2v) is 2.62. The average Bonchev–Trinajstić information content (AvgIpc) is 2.48. The lowest BCUT2D eigenvalue weighted by atomic mass is 10.4. The summed E-state index contributed by atoms with van der Waals surface area (Å²) in [6, 6.07) is 3.57. The normalized spacial score (nSPS) is 10.2. The third-order valence-electron chi connectivity index (χ3n) is 1.74. The van der Waals surface area contributed by atoms with Gasteiger partial charge in [0.1, 0.15) is 5.82 Å². The Labute approximate surface area is 74.1 Å². The van der Waals surface area contributed by atoms with E-state index in [-0.39, 0.29) is 5.69 Å². The molecule has 0 radical (unpaired) electrons. The van der Waals surface area contributed by atoms with Gasteiger partial charge < -0.3 is 0 Å². The number of hydrogen-bond donors (Lipinski definition) is 1. The number of nitrogens with zero attached hydrogens (tertiary/aromatic N) is 3. The first-order chi connectivity index (χ1) is 6.29. The van der Waals surface area contributed by atoms with Crippen LogP contribution in [0.1, 0.15) is 5.82 Å². The van der Waals surface area contributed by atoms with Gasteiger partial charge in [-0.15, -0.1) is 0 Å². The summed E-state index contributed by atoms with van der Waals surface area (Å²) < 4.78 is 1.47. The number of nitrogens with one attached hydrogen (secondary N) is 1. The zero-order valence-electron chi connectivity index (χ0n) is 7.06. The Morgan fingerprint density at radius 3 is 2.92 bits per heavy atom. The summed E-state index contributed by atoms with van der Waals surface area (Å²) in [5.74, 6) is 0.623. The van der Waals surface area contributed by atoms with Gasteiger partial charge in [0.25, 0.3) is 0 Å². The van der Waals surface area contributed by atoms with E-state index in [9.17, 15) is 4.79 Å². The first kappa shape index (κ1) is 7.72. The Hall–Kier alpha value is -1.91. The van der Waals surface area contributed by atoms with E-state index < -0.39 is 0 Å². The molecule has 0 bridgehead atoms. The lowest BCUT2D eigenvalue weighted by Gasteiger charge is -1.99. The molecule has 0 aliphatic rings. The molecule has 0 aliphatic heterocycles.